The highest BCUT2D eigenvalue weighted by Gasteiger charge is 2.46. The van der Waals surface area contributed by atoms with Crippen LogP contribution in [0.25, 0.3) is 5.69 Å². The smallest absolute Gasteiger partial charge is 0.434 e. The van der Waals surface area contributed by atoms with Crippen LogP contribution < -0.4 is 10.2 Å². The molecule has 10 heteroatoms. The third-order valence-corrected chi connectivity index (χ3v) is 5.27. The largest absolute Gasteiger partial charge is 0.497 e. The lowest BCUT2D eigenvalue weighted by atomic mass is 10.3. The lowest BCUT2D eigenvalue weighted by Gasteiger charge is -2.18. The fourth-order valence-corrected chi connectivity index (χ4v) is 3.93. The molecule has 6 nitrogen and oxygen atoms in total. The van der Waals surface area contributed by atoms with Crippen LogP contribution in [-0.4, -0.2) is 29.9 Å². The van der Waals surface area contributed by atoms with Crippen LogP contribution in [0.15, 0.2) is 30.6 Å². The summed E-state index contributed by atoms with van der Waals surface area (Å²) in [6.07, 6.45) is -3.86. The Labute approximate surface area is 143 Å². The van der Waals surface area contributed by atoms with Gasteiger partial charge in [-0.3, -0.25) is 9.13 Å². The number of alkyl halides is 3. The molecule has 0 saturated carbocycles. The van der Waals surface area contributed by atoms with Crippen LogP contribution in [0.1, 0.15) is 19.5 Å². The minimum Gasteiger partial charge on any atom is -0.497 e. The van der Waals surface area contributed by atoms with Crippen LogP contribution in [0.2, 0.25) is 0 Å². The molecule has 0 spiro atoms. The number of halogens is 3. The van der Waals surface area contributed by atoms with Gasteiger partial charge in [0.15, 0.2) is 11.1 Å². The molecule has 1 aromatic carbocycles. The summed E-state index contributed by atoms with van der Waals surface area (Å²) in [5.74, 6) is 0.493. The molecule has 0 aliphatic heterocycles. The van der Waals surface area contributed by atoms with Crippen molar-refractivity contribution in [3.05, 3.63) is 36.3 Å². The number of hydrogen-bond acceptors (Lipinski definition) is 5. The molecule has 0 amide bonds. The van der Waals surface area contributed by atoms with Crippen LogP contribution in [0.3, 0.4) is 0 Å². The van der Waals surface area contributed by atoms with Crippen LogP contribution in [-0.2, 0) is 19.8 Å². The fraction of sp³-hybridized carbons (Fsp3) is 0.400. The van der Waals surface area contributed by atoms with Gasteiger partial charge in [-0.25, -0.2) is 4.98 Å². The SMILES string of the molecule is CCOP(=O)(OCC)c1ncn(-c2ccc(OC)cc2)c1C(F)(F)F. The van der Waals surface area contributed by atoms with Crippen molar-refractivity contribution in [2.75, 3.05) is 20.3 Å². The Morgan fingerprint density at radius 1 is 1.12 bits per heavy atom. The molecule has 0 N–H and O–H groups in total. The molecule has 25 heavy (non-hydrogen) atoms. The quantitative estimate of drug-likeness (QED) is 0.686. The third-order valence-electron chi connectivity index (χ3n) is 3.22. The van der Waals surface area contributed by atoms with Gasteiger partial charge in [0.1, 0.15) is 12.1 Å². The number of imidazole rings is 1. The van der Waals surface area contributed by atoms with E-state index in [1.165, 1.54) is 45.2 Å². The van der Waals surface area contributed by atoms with Crippen LogP contribution in [0.4, 0.5) is 13.2 Å². The van der Waals surface area contributed by atoms with Crippen molar-refractivity contribution >= 4 is 13.0 Å². The minimum absolute atomic E-state index is 0.0794. The Kier molecular flexibility index (Phi) is 5.92. The van der Waals surface area contributed by atoms with Crippen LogP contribution in [0.5, 0.6) is 5.75 Å². The molecule has 138 valence electrons. The summed E-state index contributed by atoms with van der Waals surface area (Å²) < 4.78 is 69.6. The maximum absolute atomic E-state index is 13.7. The van der Waals surface area contributed by atoms with E-state index in [0.29, 0.717) is 5.75 Å². The van der Waals surface area contributed by atoms with Gasteiger partial charge in [-0.2, -0.15) is 13.2 Å². The fourth-order valence-electron chi connectivity index (χ4n) is 2.24. The highest BCUT2D eigenvalue weighted by atomic mass is 31.2. The highest BCUT2D eigenvalue weighted by Crippen LogP contribution is 2.49. The zero-order valence-electron chi connectivity index (χ0n) is 13.9. The van der Waals surface area contributed by atoms with E-state index in [2.05, 4.69) is 4.98 Å². The van der Waals surface area contributed by atoms with Crippen molar-refractivity contribution in [3.63, 3.8) is 0 Å². The number of ether oxygens (including phenoxy) is 1. The van der Waals surface area contributed by atoms with Crippen molar-refractivity contribution in [3.8, 4) is 11.4 Å². The number of aromatic nitrogens is 2. The first-order valence-corrected chi connectivity index (χ1v) is 8.99. The van der Waals surface area contributed by atoms with Crippen molar-refractivity contribution in [2.24, 2.45) is 0 Å². The van der Waals surface area contributed by atoms with Gasteiger partial charge in [-0.1, -0.05) is 0 Å². The van der Waals surface area contributed by atoms with Gasteiger partial charge >= 0.3 is 13.8 Å². The second-order valence-electron chi connectivity index (χ2n) is 4.82. The summed E-state index contributed by atoms with van der Waals surface area (Å²) >= 11 is 0. The Morgan fingerprint density at radius 3 is 2.12 bits per heavy atom. The number of benzene rings is 1. The number of nitrogens with zero attached hydrogens (tertiary/aromatic N) is 2. The number of hydrogen-bond donors (Lipinski definition) is 0. The van der Waals surface area contributed by atoms with Crippen LogP contribution in [0, 0.1) is 0 Å². The van der Waals surface area contributed by atoms with Gasteiger partial charge < -0.3 is 13.8 Å². The Morgan fingerprint density at radius 2 is 1.68 bits per heavy atom. The predicted molar refractivity (Wildman–Crippen MR) is 85.6 cm³/mol. The van der Waals surface area contributed by atoms with E-state index in [1.807, 2.05) is 0 Å². The summed E-state index contributed by atoms with van der Waals surface area (Å²) in [5, 5.41) is 0. The summed E-state index contributed by atoms with van der Waals surface area (Å²) in [5.41, 5.74) is -1.76. The zero-order valence-corrected chi connectivity index (χ0v) is 14.8. The average Bonchev–Trinajstić information content (AvgIpc) is 3.01. The maximum Gasteiger partial charge on any atom is 0.434 e. The second-order valence-corrected chi connectivity index (χ2v) is 6.75. The Bertz CT molecular complexity index is 749. The van der Waals surface area contributed by atoms with E-state index < -0.39 is 24.9 Å². The monoisotopic (exact) mass is 378 g/mol. The molecular formula is C15H18F3N2O4P. The van der Waals surface area contributed by atoms with Gasteiger partial charge in [0.2, 0.25) is 0 Å². The van der Waals surface area contributed by atoms with E-state index in [9.17, 15) is 17.7 Å². The highest BCUT2D eigenvalue weighted by molar-refractivity contribution is 7.62. The Hall–Kier alpha value is -1.83. The first kappa shape index (κ1) is 19.5. The van der Waals surface area contributed by atoms with Crippen molar-refractivity contribution < 1.29 is 31.5 Å². The maximum atomic E-state index is 13.7. The molecule has 2 aromatic rings. The van der Waals surface area contributed by atoms with E-state index >= 15 is 0 Å². The topological polar surface area (TPSA) is 62.6 Å². The van der Waals surface area contributed by atoms with Crippen molar-refractivity contribution in [2.45, 2.75) is 20.0 Å². The molecule has 1 aromatic heterocycles. The van der Waals surface area contributed by atoms with Crippen molar-refractivity contribution in [1.82, 2.24) is 9.55 Å². The predicted octanol–water partition coefficient (Wildman–Crippen LogP) is 3.79. The summed E-state index contributed by atoms with van der Waals surface area (Å²) in [6.45, 7) is 2.87. The molecule has 0 radical (unpaired) electrons. The summed E-state index contributed by atoms with van der Waals surface area (Å²) in [6, 6.07) is 5.90. The number of rotatable bonds is 7. The molecule has 0 aliphatic carbocycles. The average molecular weight is 378 g/mol. The first-order valence-electron chi connectivity index (χ1n) is 7.45. The standard InChI is InChI=1S/C15H18F3N2O4P/c1-4-23-25(21,24-5-2)14-13(15(16,17)18)20(10-19-14)11-6-8-12(22-3)9-7-11/h6-10H,4-5H2,1-3H3. The van der Waals surface area contributed by atoms with E-state index in [1.54, 1.807) is 0 Å². The first-order chi connectivity index (χ1) is 11.8. The third kappa shape index (κ3) is 4.05. The van der Waals surface area contributed by atoms with E-state index in [4.69, 9.17) is 13.8 Å². The Balaban J connectivity index is 2.63. The summed E-state index contributed by atoms with van der Waals surface area (Å²) in [7, 11) is -2.75. The molecule has 1 heterocycles. The van der Waals surface area contributed by atoms with Crippen LogP contribution >= 0.6 is 7.60 Å². The van der Waals surface area contributed by atoms with E-state index in [-0.39, 0.29) is 18.9 Å². The molecule has 0 aliphatic rings. The van der Waals surface area contributed by atoms with Gasteiger partial charge in [0.25, 0.3) is 0 Å². The number of methoxy groups -OCH3 is 1. The molecule has 0 bridgehead atoms. The van der Waals surface area contributed by atoms with Gasteiger partial charge in [0, 0.05) is 5.69 Å². The lowest BCUT2D eigenvalue weighted by Crippen LogP contribution is -2.24. The molecule has 0 fully saturated rings. The van der Waals surface area contributed by atoms with E-state index in [0.717, 1.165) is 10.9 Å². The summed E-state index contributed by atoms with van der Waals surface area (Å²) in [4.78, 5) is 3.71. The van der Waals surface area contributed by atoms with Gasteiger partial charge in [0.05, 0.1) is 20.3 Å². The molecule has 2 rings (SSSR count). The molecular weight excluding hydrogens is 360 g/mol. The minimum atomic E-state index is -4.81. The van der Waals surface area contributed by atoms with Gasteiger partial charge in [-0.15, -0.1) is 0 Å². The molecule has 0 atom stereocenters. The second kappa shape index (κ2) is 7.59. The lowest BCUT2D eigenvalue weighted by molar-refractivity contribution is -0.141. The molecule has 0 unspecified atom stereocenters. The van der Waals surface area contributed by atoms with Gasteiger partial charge in [-0.05, 0) is 38.1 Å². The normalized spacial score (nSPS) is 12.4. The molecule has 0 saturated heterocycles. The zero-order chi connectivity index (χ0) is 18.7. The van der Waals surface area contributed by atoms with Crippen molar-refractivity contribution in [1.29, 1.82) is 0 Å².